The van der Waals surface area contributed by atoms with Crippen LogP contribution in [-0.4, -0.2) is 50.1 Å². The first-order valence-corrected chi connectivity index (χ1v) is 9.37. The molecule has 2 fully saturated rings. The Morgan fingerprint density at radius 1 is 1.09 bits per heavy atom. The lowest BCUT2D eigenvalue weighted by Gasteiger charge is -2.35. The molecule has 1 saturated carbocycles. The fraction of sp³-hybridized carbons (Fsp3) is 0.944. The van der Waals surface area contributed by atoms with Crippen molar-refractivity contribution in [1.29, 1.82) is 0 Å². The van der Waals surface area contributed by atoms with Gasteiger partial charge in [0.1, 0.15) is 0 Å². The van der Waals surface area contributed by atoms with Crippen LogP contribution >= 0.6 is 0 Å². The second-order valence-electron chi connectivity index (χ2n) is 7.30. The second kappa shape index (κ2) is 9.51. The molecule has 1 heterocycles. The van der Waals surface area contributed by atoms with Gasteiger partial charge in [0.25, 0.3) is 0 Å². The van der Waals surface area contributed by atoms with Crippen molar-refractivity contribution in [3.8, 4) is 0 Å². The molecule has 128 valence electrons. The maximum Gasteiger partial charge on any atom is 0.237 e. The van der Waals surface area contributed by atoms with E-state index in [1.807, 2.05) is 7.05 Å². The van der Waals surface area contributed by atoms with Gasteiger partial charge in [-0.1, -0.05) is 19.3 Å². The molecule has 0 radical (unpaired) electrons. The number of carbonyl (C=O) groups is 1. The normalized spacial score (nSPS) is 23.4. The highest BCUT2D eigenvalue weighted by atomic mass is 16.2. The molecule has 1 amide bonds. The van der Waals surface area contributed by atoms with Crippen LogP contribution in [0.25, 0.3) is 0 Å². The third-order valence-corrected chi connectivity index (χ3v) is 5.67. The van der Waals surface area contributed by atoms with Gasteiger partial charge in [0.2, 0.25) is 5.91 Å². The van der Waals surface area contributed by atoms with Crippen molar-refractivity contribution in [2.75, 3.05) is 33.2 Å². The smallest absolute Gasteiger partial charge is 0.237 e. The van der Waals surface area contributed by atoms with E-state index in [2.05, 4.69) is 22.5 Å². The molecule has 4 heteroatoms. The number of amides is 1. The lowest BCUT2D eigenvalue weighted by atomic mass is 9.89. The zero-order valence-electron chi connectivity index (χ0n) is 14.6. The highest BCUT2D eigenvalue weighted by Crippen LogP contribution is 2.23. The van der Waals surface area contributed by atoms with E-state index in [4.69, 9.17) is 0 Å². The fourth-order valence-corrected chi connectivity index (χ4v) is 3.93. The quantitative estimate of drug-likeness (QED) is 0.759. The maximum absolute atomic E-state index is 12.4. The summed E-state index contributed by atoms with van der Waals surface area (Å²) in [5.74, 6) is 1.79. The molecule has 0 aromatic heterocycles. The molecule has 1 aliphatic carbocycles. The summed E-state index contributed by atoms with van der Waals surface area (Å²) in [4.78, 5) is 14.7. The zero-order chi connectivity index (χ0) is 15.8. The summed E-state index contributed by atoms with van der Waals surface area (Å²) in [6, 6.07) is 0.0360. The van der Waals surface area contributed by atoms with Crippen LogP contribution in [-0.2, 0) is 4.79 Å². The van der Waals surface area contributed by atoms with Crippen LogP contribution in [0.1, 0.15) is 58.3 Å². The Morgan fingerprint density at radius 2 is 1.77 bits per heavy atom. The van der Waals surface area contributed by atoms with Crippen molar-refractivity contribution in [2.24, 2.45) is 11.8 Å². The van der Waals surface area contributed by atoms with Gasteiger partial charge in [0.05, 0.1) is 6.04 Å². The van der Waals surface area contributed by atoms with E-state index >= 15 is 0 Å². The number of hydrogen-bond donors (Lipinski definition) is 2. The summed E-state index contributed by atoms with van der Waals surface area (Å²) >= 11 is 0. The van der Waals surface area contributed by atoms with Crippen LogP contribution in [0.5, 0.6) is 0 Å². The molecule has 1 aliphatic heterocycles. The lowest BCUT2D eigenvalue weighted by Crippen LogP contribution is -2.49. The van der Waals surface area contributed by atoms with Crippen LogP contribution in [0.2, 0.25) is 0 Å². The van der Waals surface area contributed by atoms with E-state index in [0.717, 1.165) is 38.0 Å². The number of nitrogens with zero attached hydrogens (tertiary/aromatic N) is 1. The Hall–Kier alpha value is -0.610. The minimum absolute atomic E-state index is 0.0360. The molecule has 1 saturated heterocycles. The SMILES string of the molecule is CNCCC1CCN(C(C)C(=O)NCC2CCCCC2)CC1. The van der Waals surface area contributed by atoms with E-state index in [0.29, 0.717) is 0 Å². The molecule has 4 nitrogen and oxygen atoms in total. The number of nitrogens with one attached hydrogen (secondary N) is 2. The van der Waals surface area contributed by atoms with Gasteiger partial charge >= 0.3 is 0 Å². The summed E-state index contributed by atoms with van der Waals surface area (Å²) in [5.41, 5.74) is 0. The minimum atomic E-state index is 0.0360. The molecule has 2 N–H and O–H groups in total. The Balaban J connectivity index is 1.65. The number of rotatable bonds is 7. The maximum atomic E-state index is 12.4. The number of piperidine rings is 1. The van der Waals surface area contributed by atoms with Gasteiger partial charge in [0, 0.05) is 6.54 Å². The summed E-state index contributed by atoms with van der Waals surface area (Å²) in [7, 11) is 2.02. The van der Waals surface area contributed by atoms with Gasteiger partial charge in [-0.25, -0.2) is 0 Å². The van der Waals surface area contributed by atoms with Crippen molar-refractivity contribution >= 4 is 5.91 Å². The van der Waals surface area contributed by atoms with Gasteiger partial charge in [-0.05, 0) is 77.5 Å². The Kier molecular flexibility index (Phi) is 7.67. The van der Waals surface area contributed by atoms with Crippen molar-refractivity contribution in [3.05, 3.63) is 0 Å². The van der Waals surface area contributed by atoms with E-state index in [9.17, 15) is 4.79 Å². The van der Waals surface area contributed by atoms with Crippen LogP contribution in [0.15, 0.2) is 0 Å². The average molecular weight is 309 g/mol. The van der Waals surface area contributed by atoms with E-state index in [-0.39, 0.29) is 11.9 Å². The van der Waals surface area contributed by atoms with Gasteiger partial charge in [-0.2, -0.15) is 0 Å². The summed E-state index contributed by atoms with van der Waals surface area (Å²) in [6.45, 7) is 6.23. The van der Waals surface area contributed by atoms with Crippen molar-refractivity contribution in [3.63, 3.8) is 0 Å². The highest BCUT2D eigenvalue weighted by Gasteiger charge is 2.26. The summed E-state index contributed by atoms with van der Waals surface area (Å²) in [6.07, 6.45) is 10.4. The van der Waals surface area contributed by atoms with E-state index < -0.39 is 0 Å². The first kappa shape index (κ1) is 17.7. The molecule has 22 heavy (non-hydrogen) atoms. The first-order valence-electron chi connectivity index (χ1n) is 9.37. The fourth-order valence-electron chi connectivity index (χ4n) is 3.93. The van der Waals surface area contributed by atoms with Crippen LogP contribution in [0.4, 0.5) is 0 Å². The largest absolute Gasteiger partial charge is 0.354 e. The Labute approximate surface area is 136 Å². The van der Waals surface area contributed by atoms with Crippen LogP contribution < -0.4 is 10.6 Å². The Bertz CT molecular complexity index is 320. The van der Waals surface area contributed by atoms with Crippen molar-refractivity contribution in [1.82, 2.24) is 15.5 Å². The van der Waals surface area contributed by atoms with Gasteiger partial charge < -0.3 is 10.6 Å². The predicted molar refractivity (Wildman–Crippen MR) is 91.9 cm³/mol. The number of hydrogen-bond acceptors (Lipinski definition) is 3. The average Bonchev–Trinajstić information content (AvgIpc) is 2.58. The third kappa shape index (κ3) is 5.54. The third-order valence-electron chi connectivity index (χ3n) is 5.67. The molecule has 0 aromatic rings. The number of likely N-dealkylation sites (tertiary alicyclic amines) is 1. The van der Waals surface area contributed by atoms with Crippen molar-refractivity contribution in [2.45, 2.75) is 64.3 Å². The second-order valence-corrected chi connectivity index (χ2v) is 7.30. The van der Waals surface area contributed by atoms with E-state index in [1.165, 1.54) is 51.4 Å². The van der Waals surface area contributed by atoms with E-state index in [1.54, 1.807) is 0 Å². The zero-order valence-corrected chi connectivity index (χ0v) is 14.6. The molecule has 2 rings (SSSR count). The van der Waals surface area contributed by atoms with Crippen molar-refractivity contribution < 1.29 is 4.79 Å². The highest BCUT2D eigenvalue weighted by molar-refractivity contribution is 5.81. The molecule has 0 spiro atoms. The summed E-state index contributed by atoms with van der Waals surface area (Å²) in [5, 5.41) is 6.44. The predicted octanol–water partition coefficient (Wildman–Crippen LogP) is 2.39. The molecule has 1 atom stereocenters. The topological polar surface area (TPSA) is 44.4 Å². The van der Waals surface area contributed by atoms with Crippen LogP contribution in [0, 0.1) is 11.8 Å². The Morgan fingerprint density at radius 3 is 2.41 bits per heavy atom. The van der Waals surface area contributed by atoms with Gasteiger partial charge in [-0.15, -0.1) is 0 Å². The molecular weight excluding hydrogens is 274 g/mol. The molecule has 0 bridgehead atoms. The molecule has 0 aromatic carbocycles. The molecule has 1 unspecified atom stereocenters. The molecule has 2 aliphatic rings. The summed E-state index contributed by atoms with van der Waals surface area (Å²) < 4.78 is 0. The monoisotopic (exact) mass is 309 g/mol. The standard InChI is InChI=1S/C18H35N3O/c1-15(18(22)20-14-17-6-4-3-5-7-17)21-12-9-16(10-13-21)8-11-19-2/h15-17,19H,3-14H2,1-2H3,(H,20,22). The van der Waals surface area contributed by atoms with Gasteiger partial charge in [-0.3, -0.25) is 9.69 Å². The minimum Gasteiger partial charge on any atom is -0.354 e. The van der Waals surface area contributed by atoms with Crippen LogP contribution in [0.3, 0.4) is 0 Å². The first-order chi connectivity index (χ1) is 10.7. The van der Waals surface area contributed by atoms with Gasteiger partial charge in [0.15, 0.2) is 0 Å². The molecular formula is C18H35N3O. The lowest BCUT2D eigenvalue weighted by molar-refractivity contribution is -0.126. The number of carbonyl (C=O) groups excluding carboxylic acids is 1.